The maximum atomic E-state index is 9.55. The van der Waals surface area contributed by atoms with Gasteiger partial charge in [0.05, 0.1) is 21.9 Å². The van der Waals surface area contributed by atoms with E-state index in [-0.39, 0.29) is 103 Å². The predicted molar refractivity (Wildman–Crippen MR) is 398 cm³/mol. The molecule has 0 bridgehead atoms. The standard InChI is InChI=1S/C48H30O.C44H28O/c1-2-12-31(13-3-1)33-22-25-34(26-23-33)46-38-16-6-8-18-40(38)47(41-19-9-7-17-39(41)46)43-29-37(36-27-24-32-14-4-5-15-35(32)28-36)30-45-48(43)42-20-10-11-21-44(42)49-45;1-3-14-29(15-4-1)31-18-13-19-32(28-31)41-34-20-7-9-22-36(34)42(37-23-10-8-21-35(37)41)39-27-26-33(30-16-5-2-6-17-30)44-43(39)38-24-11-12-25-40(38)45-44/h1-30H;1-28H/i6D,7D,8D,9D,16D,17D,18D,19D;7D,8D,9D,10D,20D,21D,22D,23D. The van der Waals surface area contributed by atoms with Crippen LogP contribution in [-0.4, -0.2) is 0 Å². The first-order valence-electron chi connectivity index (χ1n) is 39.0. The molecule has 2 heteroatoms. The molecule has 0 aliphatic heterocycles. The molecule has 19 rings (SSSR count). The zero-order valence-electron chi connectivity index (χ0n) is 66.1. The summed E-state index contributed by atoms with van der Waals surface area (Å²) in [6.07, 6.45) is 0. The molecule has 19 aromatic rings. The van der Waals surface area contributed by atoms with Crippen molar-refractivity contribution in [3.05, 3.63) is 351 Å². The van der Waals surface area contributed by atoms with E-state index in [1.165, 1.54) is 0 Å². The van der Waals surface area contributed by atoms with Crippen LogP contribution in [0.3, 0.4) is 0 Å². The van der Waals surface area contributed by atoms with Gasteiger partial charge in [0.1, 0.15) is 22.3 Å². The normalized spacial score (nSPS) is 14.0. The third-order valence-corrected chi connectivity index (χ3v) is 18.0. The lowest BCUT2D eigenvalue weighted by molar-refractivity contribution is 0.669. The minimum atomic E-state index is -0.446. The molecule has 0 aliphatic rings. The molecule has 0 unspecified atom stereocenters. The second-order valence-corrected chi connectivity index (χ2v) is 23.3. The lowest BCUT2D eigenvalue weighted by Crippen LogP contribution is -1.92. The number of rotatable bonds is 8. The third-order valence-electron chi connectivity index (χ3n) is 18.0. The van der Waals surface area contributed by atoms with Crippen molar-refractivity contribution < 1.29 is 30.8 Å². The Morgan fingerprint density at radius 1 is 0.202 bits per heavy atom. The van der Waals surface area contributed by atoms with E-state index in [2.05, 4.69) is 6.07 Å². The average Bonchev–Trinajstić information content (AvgIpc) is 0.924. The first kappa shape index (κ1) is 40.4. The smallest absolute Gasteiger partial charge is 0.143 e. The van der Waals surface area contributed by atoms with Crippen LogP contribution in [0.25, 0.3) is 187 Å². The predicted octanol–water partition coefficient (Wildman–Crippen LogP) is 26.3. The van der Waals surface area contributed by atoms with Crippen molar-refractivity contribution >= 4 is 97.7 Å². The molecule has 0 aliphatic carbocycles. The Balaban J connectivity index is 0.000000155. The van der Waals surface area contributed by atoms with Gasteiger partial charge in [-0.2, -0.15) is 0 Å². The van der Waals surface area contributed by atoms with E-state index in [4.69, 9.17) is 19.8 Å². The van der Waals surface area contributed by atoms with Crippen LogP contribution < -0.4 is 0 Å². The molecule has 2 heterocycles. The highest BCUT2D eigenvalue weighted by molar-refractivity contribution is 6.28. The lowest BCUT2D eigenvalue weighted by atomic mass is 9.84. The molecular weight excluding hydrogens is 1140 g/mol. The zero-order valence-corrected chi connectivity index (χ0v) is 50.1. The van der Waals surface area contributed by atoms with Gasteiger partial charge in [0.2, 0.25) is 0 Å². The van der Waals surface area contributed by atoms with E-state index >= 15 is 0 Å². The molecule has 438 valence electrons. The number of furan rings is 2. The molecule has 17 aromatic carbocycles. The molecule has 0 amide bonds. The summed E-state index contributed by atoms with van der Waals surface area (Å²) >= 11 is 0. The van der Waals surface area contributed by atoms with E-state index in [0.29, 0.717) is 66.5 Å². The van der Waals surface area contributed by atoms with Crippen LogP contribution in [0.1, 0.15) is 21.9 Å². The number of hydrogen-bond donors (Lipinski definition) is 0. The fraction of sp³-hybridized carbons (Fsp3) is 0. The summed E-state index contributed by atoms with van der Waals surface area (Å²) < 4.78 is 160. The Morgan fingerprint density at radius 3 is 1.20 bits per heavy atom. The third kappa shape index (κ3) is 9.26. The van der Waals surface area contributed by atoms with Crippen molar-refractivity contribution in [2.24, 2.45) is 0 Å². The molecule has 2 aromatic heterocycles. The summed E-state index contributed by atoms with van der Waals surface area (Å²) in [6.45, 7) is 0. The van der Waals surface area contributed by atoms with Crippen LogP contribution in [0.5, 0.6) is 0 Å². The highest BCUT2D eigenvalue weighted by Crippen LogP contribution is 2.51. The Kier molecular flexibility index (Phi) is 9.82. The van der Waals surface area contributed by atoms with Gasteiger partial charge in [-0.1, -0.05) is 309 Å². The van der Waals surface area contributed by atoms with Crippen LogP contribution >= 0.6 is 0 Å². The summed E-state index contributed by atoms with van der Waals surface area (Å²) in [5.41, 5.74) is 12.7. The van der Waals surface area contributed by atoms with Gasteiger partial charge in [0.25, 0.3) is 0 Å². The average molecular weight is 1210 g/mol. The summed E-state index contributed by atoms with van der Waals surface area (Å²) in [7, 11) is 0. The van der Waals surface area contributed by atoms with Crippen LogP contribution in [0.4, 0.5) is 0 Å². The van der Waals surface area contributed by atoms with Crippen molar-refractivity contribution in [3.8, 4) is 89.0 Å². The fourth-order valence-corrected chi connectivity index (χ4v) is 13.8. The summed E-state index contributed by atoms with van der Waals surface area (Å²) in [4.78, 5) is 0. The largest absolute Gasteiger partial charge is 0.456 e. The number of hydrogen-bond acceptors (Lipinski definition) is 2. The summed E-state index contributed by atoms with van der Waals surface area (Å²) in [5, 5.41) is 6.26. The minimum absolute atomic E-state index is 0.155. The Labute approximate surface area is 566 Å². The molecule has 0 saturated carbocycles. The van der Waals surface area contributed by atoms with Crippen molar-refractivity contribution in [3.63, 3.8) is 0 Å². The van der Waals surface area contributed by atoms with E-state index in [0.717, 1.165) is 66.1 Å². The molecule has 94 heavy (non-hydrogen) atoms. The summed E-state index contributed by atoms with van der Waals surface area (Å²) in [6, 6.07) is 75.4. The van der Waals surface area contributed by atoms with E-state index < -0.39 is 48.3 Å². The van der Waals surface area contributed by atoms with Crippen molar-refractivity contribution in [2.45, 2.75) is 0 Å². The molecule has 0 radical (unpaired) electrons. The molecule has 0 atom stereocenters. The number of para-hydroxylation sites is 2. The number of fused-ring (bicyclic) bond motifs is 11. The van der Waals surface area contributed by atoms with Gasteiger partial charge < -0.3 is 8.83 Å². The maximum Gasteiger partial charge on any atom is 0.143 e. The molecule has 0 N–H and O–H groups in total. The van der Waals surface area contributed by atoms with Crippen LogP contribution in [-0.2, 0) is 0 Å². The Bertz CT molecular complexity index is 6980. The van der Waals surface area contributed by atoms with Gasteiger partial charge in [-0.3, -0.25) is 0 Å². The highest BCUT2D eigenvalue weighted by Gasteiger charge is 2.25. The SMILES string of the molecule is [2H]c1c([2H])c([2H])c2c(-c3cc(-c4ccc5ccccc5c4)cc4oc5ccccc5c34)c3c([2H])c([2H])c([2H])c([2H])c3c(-c3ccc(-c4ccccc4)cc3)c2c1[2H].[2H]c1c([2H])c([2H])c2c(-c3ccc(-c4ccccc4)c4oc5ccccc5c34)c3c([2H])c([2H])c([2H])c([2H])c3c(-c3cccc(-c4ccccc4)c3)c2c1[2H]. The topological polar surface area (TPSA) is 26.3 Å². The van der Waals surface area contributed by atoms with Crippen molar-refractivity contribution in [2.75, 3.05) is 0 Å². The minimum Gasteiger partial charge on any atom is -0.456 e. The number of benzene rings is 17. The quantitative estimate of drug-likeness (QED) is 0.142. The van der Waals surface area contributed by atoms with E-state index in [1.54, 1.807) is 0 Å². The monoisotopic (exact) mass is 1210 g/mol. The van der Waals surface area contributed by atoms with Crippen molar-refractivity contribution in [1.82, 2.24) is 0 Å². The zero-order chi connectivity index (χ0) is 76.0. The van der Waals surface area contributed by atoms with Gasteiger partial charge in [-0.15, -0.1) is 0 Å². The van der Waals surface area contributed by atoms with Gasteiger partial charge >= 0.3 is 0 Å². The van der Waals surface area contributed by atoms with Gasteiger partial charge in [0, 0.05) is 27.1 Å². The van der Waals surface area contributed by atoms with Gasteiger partial charge in [-0.05, 0) is 180 Å². The second kappa shape index (κ2) is 22.8. The molecular formula is C92H58O2. The molecule has 0 saturated heterocycles. The molecule has 0 spiro atoms. The molecule has 2 nitrogen and oxygen atoms in total. The fourth-order valence-electron chi connectivity index (χ4n) is 13.8. The summed E-state index contributed by atoms with van der Waals surface area (Å²) in [5.74, 6) is 0. The van der Waals surface area contributed by atoms with Gasteiger partial charge in [0.15, 0.2) is 0 Å². The lowest BCUT2D eigenvalue weighted by Gasteiger charge is -2.19. The first-order valence-corrected chi connectivity index (χ1v) is 31.0. The van der Waals surface area contributed by atoms with Crippen LogP contribution in [0.2, 0.25) is 0 Å². The van der Waals surface area contributed by atoms with E-state index in [9.17, 15) is 11.0 Å². The Morgan fingerprint density at radius 2 is 0.606 bits per heavy atom. The van der Waals surface area contributed by atoms with Crippen molar-refractivity contribution in [1.29, 1.82) is 0 Å². The second-order valence-electron chi connectivity index (χ2n) is 23.3. The van der Waals surface area contributed by atoms with Crippen LogP contribution in [0.15, 0.2) is 360 Å². The molecule has 0 fully saturated rings. The van der Waals surface area contributed by atoms with Gasteiger partial charge in [-0.25, -0.2) is 0 Å². The maximum absolute atomic E-state index is 9.55. The van der Waals surface area contributed by atoms with Crippen LogP contribution in [0, 0.1) is 0 Å². The Hall–Kier alpha value is -12.4. The first-order chi connectivity index (χ1) is 53.3. The highest BCUT2D eigenvalue weighted by atomic mass is 16.3. The van der Waals surface area contributed by atoms with E-state index in [1.807, 2.05) is 249 Å².